The Bertz CT molecular complexity index is 291. The first kappa shape index (κ1) is 16.3. The highest BCUT2D eigenvalue weighted by Crippen LogP contribution is 2.37. The molecule has 0 rings (SSSR count). The highest BCUT2D eigenvalue weighted by molar-refractivity contribution is 6.74. The maximum absolute atomic E-state index is 11.7. The number of hydrogen-bond acceptors (Lipinski definition) is 4. The van der Waals surface area contributed by atoms with Gasteiger partial charge in [-0.1, -0.05) is 20.8 Å². The van der Waals surface area contributed by atoms with Gasteiger partial charge in [0, 0.05) is 0 Å². The Balaban J connectivity index is 4.50. The number of carbonyl (C=O) groups is 2. The van der Waals surface area contributed by atoms with Gasteiger partial charge < -0.3 is 9.16 Å². The number of Topliss-reactive ketones (excluding diaryl/α,β-unsaturated/α-hetero) is 1. The van der Waals surface area contributed by atoms with Gasteiger partial charge in [-0.3, -0.25) is 9.59 Å². The van der Waals surface area contributed by atoms with Gasteiger partial charge in [0.2, 0.25) is 0 Å². The van der Waals surface area contributed by atoms with Crippen molar-refractivity contribution in [3.8, 4) is 0 Å². The number of ether oxygens (including phenoxy) is 1. The third-order valence-corrected chi connectivity index (χ3v) is 7.83. The molecule has 0 saturated heterocycles. The predicted octanol–water partition coefficient (Wildman–Crippen LogP) is 2.53. The van der Waals surface area contributed by atoms with E-state index in [0.717, 1.165) is 0 Å². The van der Waals surface area contributed by atoms with Crippen molar-refractivity contribution in [3.63, 3.8) is 0 Å². The Morgan fingerprint density at radius 3 is 2.06 bits per heavy atom. The summed E-state index contributed by atoms with van der Waals surface area (Å²) in [6, 6.07) is 0. The molecule has 100 valence electrons. The van der Waals surface area contributed by atoms with Gasteiger partial charge in [0.15, 0.2) is 14.1 Å². The molecule has 1 atom stereocenters. The van der Waals surface area contributed by atoms with Crippen LogP contribution < -0.4 is 0 Å². The molecule has 0 N–H and O–H groups in total. The molecule has 5 heteroatoms. The summed E-state index contributed by atoms with van der Waals surface area (Å²) in [4.78, 5) is 22.7. The molecule has 0 amide bonds. The lowest BCUT2D eigenvalue weighted by atomic mass is 10.2. The highest BCUT2D eigenvalue weighted by atomic mass is 28.4. The maximum Gasteiger partial charge on any atom is 0.313 e. The lowest BCUT2D eigenvalue weighted by molar-refractivity contribution is -0.144. The molecule has 0 aliphatic carbocycles. The molecule has 0 bridgehead atoms. The fourth-order valence-electron chi connectivity index (χ4n) is 1.04. The van der Waals surface area contributed by atoms with Crippen molar-refractivity contribution in [3.05, 3.63) is 0 Å². The van der Waals surface area contributed by atoms with Crippen molar-refractivity contribution in [2.24, 2.45) is 0 Å². The second-order valence-electron chi connectivity index (χ2n) is 5.74. The van der Waals surface area contributed by atoms with Crippen molar-refractivity contribution < 1.29 is 18.8 Å². The van der Waals surface area contributed by atoms with E-state index in [0.29, 0.717) is 0 Å². The van der Waals surface area contributed by atoms with E-state index in [4.69, 9.17) is 4.43 Å². The van der Waals surface area contributed by atoms with Crippen LogP contribution in [0.3, 0.4) is 0 Å². The van der Waals surface area contributed by atoms with Crippen LogP contribution in [-0.2, 0) is 18.8 Å². The fourth-order valence-corrected chi connectivity index (χ4v) is 2.41. The van der Waals surface area contributed by atoms with Gasteiger partial charge in [-0.05, 0) is 25.1 Å². The molecule has 0 aliphatic heterocycles. The Morgan fingerprint density at radius 2 is 1.71 bits per heavy atom. The lowest BCUT2D eigenvalue weighted by Gasteiger charge is -2.38. The SMILES string of the molecule is COC(=O)CC(=O)C(C)O[Si](C)(C)C(C)(C)C. The zero-order chi connectivity index (χ0) is 13.9. The van der Waals surface area contributed by atoms with Crippen molar-refractivity contribution >= 4 is 20.1 Å². The summed E-state index contributed by atoms with van der Waals surface area (Å²) < 4.78 is 10.4. The van der Waals surface area contributed by atoms with E-state index >= 15 is 0 Å². The second kappa shape index (κ2) is 5.77. The summed E-state index contributed by atoms with van der Waals surface area (Å²) in [5.74, 6) is -0.734. The average molecular weight is 260 g/mol. The normalized spacial score (nSPS) is 14.3. The number of carbonyl (C=O) groups excluding carboxylic acids is 2. The number of esters is 1. The lowest BCUT2D eigenvalue weighted by Crippen LogP contribution is -2.45. The number of hydrogen-bond donors (Lipinski definition) is 0. The van der Waals surface area contributed by atoms with Crippen LogP contribution in [0.5, 0.6) is 0 Å². The molecule has 0 aromatic heterocycles. The molecule has 0 heterocycles. The Hall–Kier alpha value is -0.683. The summed E-state index contributed by atoms with van der Waals surface area (Å²) in [5, 5.41) is 0.0484. The monoisotopic (exact) mass is 260 g/mol. The molecule has 1 unspecified atom stereocenters. The van der Waals surface area contributed by atoms with E-state index in [1.165, 1.54) is 7.11 Å². The van der Waals surface area contributed by atoms with E-state index < -0.39 is 20.4 Å². The molecule has 0 fully saturated rings. The molecular weight excluding hydrogens is 236 g/mol. The van der Waals surface area contributed by atoms with Crippen molar-refractivity contribution in [1.82, 2.24) is 0 Å². The number of methoxy groups -OCH3 is 1. The minimum atomic E-state index is -1.96. The van der Waals surface area contributed by atoms with Gasteiger partial charge in [0.05, 0.1) is 7.11 Å². The van der Waals surface area contributed by atoms with E-state index in [9.17, 15) is 9.59 Å². The largest absolute Gasteiger partial charge is 0.469 e. The molecule has 0 spiro atoms. The zero-order valence-electron chi connectivity index (χ0n) is 11.9. The summed E-state index contributed by atoms with van der Waals surface area (Å²) in [6.45, 7) is 12.2. The van der Waals surface area contributed by atoms with Gasteiger partial charge >= 0.3 is 5.97 Å². The second-order valence-corrected chi connectivity index (χ2v) is 10.5. The first-order valence-electron chi connectivity index (χ1n) is 5.78. The molecule has 0 aliphatic rings. The van der Waals surface area contributed by atoms with Gasteiger partial charge in [-0.15, -0.1) is 0 Å². The Labute approximate surface area is 105 Å². The zero-order valence-corrected chi connectivity index (χ0v) is 12.9. The van der Waals surface area contributed by atoms with Gasteiger partial charge in [-0.2, -0.15) is 0 Å². The van der Waals surface area contributed by atoms with E-state index in [-0.39, 0.29) is 17.2 Å². The fraction of sp³-hybridized carbons (Fsp3) is 0.833. The van der Waals surface area contributed by atoms with Crippen LogP contribution in [0.25, 0.3) is 0 Å². The van der Waals surface area contributed by atoms with E-state index in [1.807, 2.05) is 0 Å². The molecule has 0 saturated carbocycles. The topological polar surface area (TPSA) is 52.6 Å². The van der Waals surface area contributed by atoms with Crippen LogP contribution in [-0.4, -0.2) is 33.3 Å². The quantitative estimate of drug-likeness (QED) is 0.433. The van der Waals surface area contributed by atoms with Crippen molar-refractivity contribution in [1.29, 1.82) is 0 Å². The first-order valence-corrected chi connectivity index (χ1v) is 8.69. The third kappa shape index (κ3) is 5.00. The van der Waals surface area contributed by atoms with Gasteiger partial charge in [0.25, 0.3) is 0 Å². The predicted molar refractivity (Wildman–Crippen MR) is 69.4 cm³/mol. The van der Waals surface area contributed by atoms with E-state index in [1.54, 1.807) is 6.92 Å². The highest BCUT2D eigenvalue weighted by Gasteiger charge is 2.39. The number of ketones is 1. The smallest absolute Gasteiger partial charge is 0.313 e. The van der Waals surface area contributed by atoms with Gasteiger partial charge in [0.1, 0.15) is 12.5 Å². The first-order chi connectivity index (χ1) is 7.51. The number of rotatable bonds is 5. The van der Waals surface area contributed by atoms with Gasteiger partial charge in [-0.25, -0.2) is 0 Å². The molecule has 4 nitrogen and oxygen atoms in total. The Morgan fingerprint density at radius 1 is 1.24 bits per heavy atom. The summed E-state index contributed by atoms with van der Waals surface area (Å²) in [7, 11) is -0.692. The van der Waals surface area contributed by atoms with Crippen LogP contribution >= 0.6 is 0 Å². The maximum atomic E-state index is 11.7. The Kier molecular flexibility index (Phi) is 5.54. The van der Waals surface area contributed by atoms with Crippen LogP contribution in [0.15, 0.2) is 0 Å². The summed E-state index contributed by atoms with van der Waals surface area (Å²) in [5.41, 5.74) is 0. The molecule has 0 aromatic rings. The minimum absolute atomic E-state index is 0.0484. The minimum Gasteiger partial charge on any atom is -0.469 e. The molecular formula is C12H24O4Si. The van der Waals surface area contributed by atoms with Crippen LogP contribution in [0, 0.1) is 0 Å². The standard InChI is InChI=1S/C12H24O4Si/c1-9(10(13)8-11(14)15-5)16-17(6,7)12(2,3)4/h9H,8H2,1-7H3. The van der Waals surface area contributed by atoms with Crippen LogP contribution in [0.2, 0.25) is 18.1 Å². The molecule has 17 heavy (non-hydrogen) atoms. The van der Waals surface area contributed by atoms with Crippen molar-refractivity contribution in [2.45, 2.75) is 58.4 Å². The van der Waals surface area contributed by atoms with Crippen LogP contribution in [0.1, 0.15) is 34.1 Å². The van der Waals surface area contributed by atoms with E-state index in [2.05, 4.69) is 38.6 Å². The average Bonchev–Trinajstić information content (AvgIpc) is 2.14. The van der Waals surface area contributed by atoms with Crippen LogP contribution in [0.4, 0.5) is 0 Å². The molecule has 0 aromatic carbocycles. The van der Waals surface area contributed by atoms with Crippen molar-refractivity contribution in [2.75, 3.05) is 7.11 Å². The molecule has 0 radical (unpaired) electrons. The summed E-state index contributed by atoms with van der Waals surface area (Å²) >= 11 is 0. The summed E-state index contributed by atoms with van der Waals surface area (Å²) in [6.07, 6.45) is -0.762. The third-order valence-electron chi connectivity index (χ3n) is 3.28.